The zero-order valence-corrected chi connectivity index (χ0v) is 14.0. The van der Waals surface area contributed by atoms with Crippen LogP contribution in [0.15, 0.2) is 36.5 Å². The van der Waals surface area contributed by atoms with E-state index >= 15 is 0 Å². The number of aromatic nitrogens is 2. The fraction of sp³-hybridized carbons (Fsp3) is 0.444. The molecule has 1 aromatic carbocycles. The Morgan fingerprint density at radius 2 is 1.71 bits per heavy atom. The second kappa shape index (κ2) is 7.86. The van der Waals surface area contributed by atoms with Crippen LogP contribution in [0.3, 0.4) is 0 Å². The predicted octanol–water partition coefficient (Wildman–Crippen LogP) is 2.94. The third kappa shape index (κ3) is 4.07. The molecule has 1 aliphatic rings. The van der Waals surface area contributed by atoms with E-state index in [1.807, 2.05) is 29.2 Å². The van der Waals surface area contributed by atoms with E-state index in [0.717, 1.165) is 37.4 Å². The molecule has 0 bridgehead atoms. The molecule has 128 valence electrons. The molecule has 0 spiro atoms. The van der Waals surface area contributed by atoms with Crippen LogP contribution in [-0.2, 0) is 6.73 Å². The smallest absolute Gasteiger partial charge is 0.274 e. The van der Waals surface area contributed by atoms with Crippen molar-refractivity contribution in [2.45, 2.75) is 32.4 Å². The van der Waals surface area contributed by atoms with Crippen molar-refractivity contribution in [1.82, 2.24) is 14.7 Å². The van der Waals surface area contributed by atoms with Gasteiger partial charge in [-0.1, -0.05) is 12.8 Å². The molecule has 1 aromatic heterocycles. The molecule has 1 fully saturated rings. The quantitative estimate of drug-likeness (QED) is 0.846. The number of likely N-dealkylation sites (tertiary alicyclic amines) is 1. The normalized spacial score (nSPS) is 15.0. The summed E-state index contributed by atoms with van der Waals surface area (Å²) in [5.41, 5.74) is 0.482. The van der Waals surface area contributed by atoms with Gasteiger partial charge in [-0.15, -0.1) is 0 Å². The SMILES string of the molecule is COc1ccc(OCn2ccc(C(=O)N3CCCCCC3)n2)cc1. The van der Waals surface area contributed by atoms with E-state index in [1.54, 1.807) is 24.1 Å². The van der Waals surface area contributed by atoms with Crippen LogP contribution >= 0.6 is 0 Å². The van der Waals surface area contributed by atoms with Crippen molar-refractivity contribution in [2.75, 3.05) is 20.2 Å². The molecular formula is C18H23N3O3. The highest BCUT2D eigenvalue weighted by Gasteiger charge is 2.19. The van der Waals surface area contributed by atoms with Gasteiger partial charge >= 0.3 is 0 Å². The molecule has 24 heavy (non-hydrogen) atoms. The van der Waals surface area contributed by atoms with E-state index in [4.69, 9.17) is 9.47 Å². The predicted molar refractivity (Wildman–Crippen MR) is 90.2 cm³/mol. The Morgan fingerprint density at radius 1 is 1.04 bits per heavy atom. The van der Waals surface area contributed by atoms with Gasteiger partial charge in [0, 0.05) is 19.3 Å². The number of benzene rings is 1. The van der Waals surface area contributed by atoms with Crippen LogP contribution in [0.25, 0.3) is 0 Å². The lowest BCUT2D eigenvalue weighted by molar-refractivity contribution is 0.0753. The minimum atomic E-state index is 0.0140. The maximum absolute atomic E-state index is 12.5. The molecule has 2 heterocycles. The van der Waals surface area contributed by atoms with Gasteiger partial charge in [-0.3, -0.25) is 4.79 Å². The summed E-state index contributed by atoms with van der Waals surface area (Å²) in [4.78, 5) is 14.4. The van der Waals surface area contributed by atoms with Gasteiger partial charge in [-0.2, -0.15) is 5.10 Å². The highest BCUT2D eigenvalue weighted by molar-refractivity contribution is 5.92. The second-order valence-electron chi connectivity index (χ2n) is 5.90. The second-order valence-corrected chi connectivity index (χ2v) is 5.90. The van der Waals surface area contributed by atoms with Crippen molar-refractivity contribution >= 4 is 5.91 Å². The average molecular weight is 329 g/mol. The average Bonchev–Trinajstić information content (AvgIpc) is 2.93. The molecule has 0 radical (unpaired) electrons. The Morgan fingerprint density at radius 3 is 2.38 bits per heavy atom. The first-order valence-corrected chi connectivity index (χ1v) is 8.36. The van der Waals surface area contributed by atoms with Crippen LogP contribution in [-0.4, -0.2) is 40.8 Å². The number of carbonyl (C=O) groups is 1. The molecule has 0 atom stereocenters. The fourth-order valence-corrected chi connectivity index (χ4v) is 2.80. The van der Waals surface area contributed by atoms with Gasteiger partial charge in [0.15, 0.2) is 12.4 Å². The minimum absolute atomic E-state index is 0.0140. The molecule has 0 unspecified atom stereocenters. The van der Waals surface area contributed by atoms with Gasteiger partial charge < -0.3 is 14.4 Å². The lowest BCUT2D eigenvalue weighted by Gasteiger charge is -2.18. The Kier molecular flexibility index (Phi) is 5.36. The van der Waals surface area contributed by atoms with Crippen LogP contribution in [0.2, 0.25) is 0 Å². The summed E-state index contributed by atoms with van der Waals surface area (Å²) in [5, 5.41) is 4.34. The van der Waals surface area contributed by atoms with Crippen molar-refractivity contribution in [3.05, 3.63) is 42.2 Å². The number of methoxy groups -OCH3 is 1. The molecule has 0 aliphatic carbocycles. The number of hydrogen-bond acceptors (Lipinski definition) is 4. The minimum Gasteiger partial charge on any atom is -0.497 e. The van der Waals surface area contributed by atoms with Crippen molar-refractivity contribution < 1.29 is 14.3 Å². The summed E-state index contributed by atoms with van der Waals surface area (Å²) in [6.07, 6.45) is 6.33. The molecule has 3 rings (SSSR count). The molecule has 1 saturated heterocycles. The topological polar surface area (TPSA) is 56.6 Å². The first-order valence-electron chi connectivity index (χ1n) is 8.36. The zero-order chi connectivity index (χ0) is 16.8. The molecular weight excluding hydrogens is 306 g/mol. The van der Waals surface area contributed by atoms with E-state index in [2.05, 4.69) is 5.10 Å². The highest BCUT2D eigenvalue weighted by Crippen LogP contribution is 2.17. The third-order valence-corrected chi connectivity index (χ3v) is 4.18. The summed E-state index contributed by atoms with van der Waals surface area (Å²) >= 11 is 0. The number of amides is 1. The summed E-state index contributed by atoms with van der Waals surface area (Å²) in [6.45, 7) is 1.92. The van der Waals surface area contributed by atoms with Crippen LogP contribution in [0.1, 0.15) is 36.2 Å². The Hall–Kier alpha value is -2.50. The molecule has 6 heteroatoms. The van der Waals surface area contributed by atoms with Gasteiger partial charge in [0.25, 0.3) is 5.91 Å². The van der Waals surface area contributed by atoms with Gasteiger partial charge in [0.05, 0.1) is 7.11 Å². The molecule has 1 aliphatic heterocycles. The maximum Gasteiger partial charge on any atom is 0.274 e. The molecule has 2 aromatic rings. The summed E-state index contributed by atoms with van der Waals surface area (Å²) < 4.78 is 12.4. The zero-order valence-electron chi connectivity index (χ0n) is 14.0. The fourth-order valence-electron chi connectivity index (χ4n) is 2.80. The van der Waals surface area contributed by atoms with Gasteiger partial charge in [-0.05, 0) is 43.2 Å². The lowest BCUT2D eigenvalue weighted by atomic mass is 10.2. The van der Waals surface area contributed by atoms with E-state index in [0.29, 0.717) is 5.69 Å². The van der Waals surface area contributed by atoms with Crippen molar-refractivity contribution in [1.29, 1.82) is 0 Å². The van der Waals surface area contributed by atoms with E-state index < -0.39 is 0 Å². The van der Waals surface area contributed by atoms with Crippen LogP contribution < -0.4 is 9.47 Å². The summed E-state index contributed by atoms with van der Waals surface area (Å²) in [7, 11) is 1.63. The summed E-state index contributed by atoms with van der Waals surface area (Å²) in [5.74, 6) is 1.53. The standard InChI is InChI=1S/C18H23N3O3/c1-23-15-6-8-16(9-7-15)24-14-21-13-10-17(19-21)18(22)20-11-4-2-3-5-12-20/h6-10,13H,2-5,11-12,14H2,1H3. The largest absolute Gasteiger partial charge is 0.497 e. The van der Waals surface area contributed by atoms with Crippen molar-refractivity contribution in [3.8, 4) is 11.5 Å². The summed E-state index contributed by atoms with van der Waals surface area (Å²) in [6, 6.07) is 9.11. The van der Waals surface area contributed by atoms with Crippen molar-refractivity contribution in [3.63, 3.8) is 0 Å². The number of hydrogen-bond donors (Lipinski definition) is 0. The molecule has 6 nitrogen and oxygen atoms in total. The molecule has 1 amide bonds. The van der Waals surface area contributed by atoms with Gasteiger partial charge in [-0.25, -0.2) is 4.68 Å². The monoisotopic (exact) mass is 329 g/mol. The third-order valence-electron chi connectivity index (χ3n) is 4.18. The van der Waals surface area contributed by atoms with E-state index in [1.165, 1.54) is 12.8 Å². The van der Waals surface area contributed by atoms with E-state index in [9.17, 15) is 4.79 Å². The van der Waals surface area contributed by atoms with Gasteiger partial charge in [0.2, 0.25) is 0 Å². The van der Waals surface area contributed by atoms with Crippen molar-refractivity contribution in [2.24, 2.45) is 0 Å². The number of rotatable bonds is 5. The van der Waals surface area contributed by atoms with Gasteiger partial charge in [0.1, 0.15) is 11.5 Å². The number of nitrogens with zero attached hydrogens (tertiary/aromatic N) is 3. The molecule has 0 N–H and O–H groups in total. The lowest BCUT2D eigenvalue weighted by Crippen LogP contribution is -2.32. The highest BCUT2D eigenvalue weighted by atomic mass is 16.5. The van der Waals surface area contributed by atoms with E-state index in [-0.39, 0.29) is 12.6 Å². The number of ether oxygens (including phenoxy) is 2. The molecule has 0 saturated carbocycles. The Balaban J connectivity index is 1.57. The first kappa shape index (κ1) is 16.4. The van der Waals surface area contributed by atoms with Crippen LogP contribution in [0.5, 0.6) is 11.5 Å². The Labute approximate surface area is 142 Å². The van der Waals surface area contributed by atoms with Crippen LogP contribution in [0.4, 0.5) is 0 Å². The first-order chi connectivity index (χ1) is 11.8. The number of carbonyl (C=O) groups excluding carboxylic acids is 1. The maximum atomic E-state index is 12.5. The Bertz CT molecular complexity index is 658. The van der Waals surface area contributed by atoms with Crippen LogP contribution in [0, 0.1) is 0 Å².